The van der Waals surface area contributed by atoms with Crippen LogP contribution in [0.1, 0.15) is 5.56 Å². The van der Waals surface area contributed by atoms with Gasteiger partial charge >= 0.3 is 0 Å². The highest BCUT2D eigenvalue weighted by Gasteiger charge is 2.20. The number of azo groups is 2. The van der Waals surface area contributed by atoms with Gasteiger partial charge in [-0.15, -0.1) is 24.8 Å². The number of nitrogens with two attached hydrogens (primary N) is 1. The van der Waals surface area contributed by atoms with Crippen molar-refractivity contribution in [2.75, 3.05) is 12.8 Å². The summed E-state index contributed by atoms with van der Waals surface area (Å²) in [6, 6.07) is 15.6. The second kappa shape index (κ2) is 12.1. The molecule has 13 heteroatoms. The summed E-state index contributed by atoms with van der Waals surface area (Å²) in [4.78, 5) is 0.405. The molecule has 0 fully saturated rings. The van der Waals surface area contributed by atoms with E-state index in [2.05, 4.69) is 38.7 Å². The molecular weight excluding hydrogens is 550 g/mol. The molecule has 0 spiro atoms. The first-order chi connectivity index (χ1) is 19.9. The Morgan fingerprint density at radius 3 is 2.59 bits per heavy atom. The highest BCUT2D eigenvalue weighted by molar-refractivity contribution is 7.94. The molecule has 0 aliphatic carbocycles. The van der Waals surface area contributed by atoms with Crippen LogP contribution in [0, 0.1) is 6.92 Å². The maximum atomic E-state index is 8.79. The first-order valence-corrected chi connectivity index (χ1v) is 12.6. The summed E-state index contributed by atoms with van der Waals surface area (Å²) in [5, 5.41) is 31.5. The molecule has 1 heterocycles. The van der Waals surface area contributed by atoms with Gasteiger partial charge in [-0.1, -0.05) is 23.7 Å². The smallest absolute Gasteiger partial charge is 0.282 e. The minimum absolute atomic E-state index is 0.00275. The molecule has 12 nitrogen and oxygen atoms in total. The number of anilines is 1. The van der Waals surface area contributed by atoms with E-state index >= 15 is 0 Å². The third kappa shape index (κ3) is 5.83. The highest BCUT2D eigenvalue weighted by atomic mass is 32.2. The summed E-state index contributed by atoms with van der Waals surface area (Å²) < 4.78 is 27.6. The number of ether oxygens (including phenoxy) is 4. The predicted octanol–water partition coefficient (Wildman–Crippen LogP) is 8.76. The lowest BCUT2D eigenvalue weighted by molar-refractivity contribution is -0.432. The minimum atomic E-state index is 0.00275. The van der Waals surface area contributed by atoms with Crippen LogP contribution in [0.15, 0.2) is 105 Å². The number of methoxy groups -OCH3 is 1. The molecular formula is C28H23N5O7S. The van der Waals surface area contributed by atoms with Gasteiger partial charge in [0.25, 0.3) is 5.95 Å². The van der Waals surface area contributed by atoms with E-state index in [0.717, 1.165) is 10.9 Å². The second-order valence-electron chi connectivity index (χ2n) is 8.43. The fraction of sp³-hybridized carbons (Fsp3) is 0.0714. The molecule has 5 rings (SSSR count). The van der Waals surface area contributed by atoms with Crippen LogP contribution >= 0.6 is 12.0 Å². The molecule has 4 aromatic rings. The second-order valence-corrected chi connectivity index (χ2v) is 9.17. The van der Waals surface area contributed by atoms with Crippen LogP contribution in [-0.2, 0) is 9.37 Å². The molecule has 4 aromatic carbocycles. The van der Waals surface area contributed by atoms with Gasteiger partial charge in [-0.05, 0) is 54.8 Å². The van der Waals surface area contributed by atoms with Crippen LogP contribution in [0.3, 0.4) is 0 Å². The van der Waals surface area contributed by atoms with Crippen LogP contribution in [0.25, 0.3) is 10.8 Å². The lowest BCUT2D eigenvalue weighted by Crippen LogP contribution is -2.02. The fourth-order valence-corrected chi connectivity index (χ4v) is 4.46. The average Bonchev–Trinajstić information content (AvgIpc) is 3.02. The van der Waals surface area contributed by atoms with Gasteiger partial charge in [-0.2, -0.15) is 0 Å². The molecule has 0 amide bonds. The zero-order valence-electron chi connectivity index (χ0n) is 21.9. The van der Waals surface area contributed by atoms with Crippen LogP contribution in [0.2, 0.25) is 0 Å². The average molecular weight is 574 g/mol. The number of hydrogen-bond donors (Lipinski definition) is 2. The lowest BCUT2D eigenvalue weighted by Gasteiger charge is -2.14. The number of benzene rings is 4. The number of nitrogen functional groups attached to an aromatic ring is 1. The summed E-state index contributed by atoms with van der Waals surface area (Å²) in [6.07, 6.45) is 1.25. The number of fused-ring (bicyclic) bond motifs is 3. The monoisotopic (exact) mass is 573 g/mol. The van der Waals surface area contributed by atoms with Gasteiger partial charge in [0.05, 0.1) is 30.3 Å². The summed E-state index contributed by atoms with van der Waals surface area (Å²) in [5.74, 6) is 1.30. The van der Waals surface area contributed by atoms with Crippen molar-refractivity contribution in [1.29, 1.82) is 0 Å². The molecule has 41 heavy (non-hydrogen) atoms. The maximum Gasteiger partial charge on any atom is 0.282 e. The van der Waals surface area contributed by atoms with E-state index in [0.29, 0.717) is 56.6 Å². The van der Waals surface area contributed by atoms with Crippen molar-refractivity contribution in [2.24, 2.45) is 20.5 Å². The SMILES string of the molecule is C=COc1c(N=Nc2cc3c(cc2OC)N=Nc2ccccc2OC(=C)O3)c(SOOO)cc2cc(C)c(N)cc12. The number of para-hydroxylation sites is 1. The number of aryl methyl sites for hydroxylation is 1. The Labute approximate surface area is 238 Å². The fourth-order valence-electron chi connectivity index (χ4n) is 3.97. The normalized spacial score (nSPS) is 12.5. The topological polar surface area (TPSA) is 151 Å². The molecule has 3 N–H and O–H groups in total. The number of nitrogens with zero attached hydrogens (tertiary/aromatic N) is 4. The zero-order valence-corrected chi connectivity index (χ0v) is 22.7. The van der Waals surface area contributed by atoms with Crippen molar-refractivity contribution >= 4 is 51.3 Å². The van der Waals surface area contributed by atoms with Crippen molar-refractivity contribution in [1.82, 2.24) is 0 Å². The zero-order chi connectivity index (χ0) is 28.9. The van der Waals surface area contributed by atoms with Gasteiger partial charge in [0.15, 0.2) is 17.2 Å². The maximum absolute atomic E-state index is 8.79. The van der Waals surface area contributed by atoms with Crippen molar-refractivity contribution < 1.29 is 33.6 Å². The van der Waals surface area contributed by atoms with E-state index in [-0.39, 0.29) is 23.1 Å². The molecule has 0 saturated heterocycles. The molecule has 1 aliphatic rings. The Morgan fingerprint density at radius 1 is 1.02 bits per heavy atom. The van der Waals surface area contributed by atoms with Crippen molar-refractivity contribution in [2.45, 2.75) is 11.8 Å². The van der Waals surface area contributed by atoms with Crippen molar-refractivity contribution in [3.05, 3.63) is 85.5 Å². The van der Waals surface area contributed by atoms with Gasteiger partial charge in [0, 0.05) is 23.2 Å². The molecule has 1 aliphatic heterocycles. The predicted molar refractivity (Wildman–Crippen MR) is 153 cm³/mol. The number of rotatable bonds is 8. The van der Waals surface area contributed by atoms with Gasteiger partial charge in [0.2, 0.25) is 0 Å². The van der Waals surface area contributed by atoms with E-state index in [4.69, 9.17) is 34.3 Å². The van der Waals surface area contributed by atoms with Gasteiger partial charge in [-0.3, -0.25) is 0 Å². The lowest BCUT2D eigenvalue weighted by atomic mass is 10.0. The minimum Gasteiger partial charge on any atom is -0.494 e. The molecule has 0 radical (unpaired) electrons. The first-order valence-electron chi connectivity index (χ1n) is 11.9. The third-order valence-electron chi connectivity index (χ3n) is 5.87. The first kappa shape index (κ1) is 27.6. The number of hydrogen-bond acceptors (Lipinski definition) is 13. The van der Waals surface area contributed by atoms with Crippen molar-refractivity contribution in [3.63, 3.8) is 0 Å². The van der Waals surface area contributed by atoms with Crippen LogP contribution in [0.4, 0.5) is 28.4 Å². The molecule has 0 unspecified atom stereocenters. The van der Waals surface area contributed by atoms with Crippen molar-refractivity contribution in [3.8, 4) is 23.0 Å². The Kier molecular flexibility index (Phi) is 8.12. The Balaban J connectivity index is 1.63. The molecule has 0 aromatic heterocycles. The molecule has 0 saturated carbocycles. The summed E-state index contributed by atoms with van der Waals surface area (Å²) >= 11 is 0.699. The van der Waals surface area contributed by atoms with E-state index in [9.17, 15) is 0 Å². The Bertz CT molecular complexity index is 1720. The van der Waals surface area contributed by atoms with Gasteiger partial charge in [0.1, 0.15) is 28.5 Å². The van der Waals surface area contributed by atoms with E-state index in [1.165, 1.54) is 13.4 Å². The van der Waals surface area contributed by atoms with Crippen LogP contribution < -0.4 is 24.7 Å². The third-order valence-corrected chi connectivity index (χ3v) is 6.49. The van der Waals surface area contributed by atoms with E-state index in [1.807, 2.05) is 19.1 Å². The summed E-state index contributed by atoms with van der Waals surface area (Å²) in [5.41, 5.74) is 8.94. The standard InChI is InChI=1S/C28H23N5O7S/c1-5-36-28-18-12-19(29)15(2)10-17(18)11-26(41-40-39-34)27(28)33-32-21-14-25-22(13-24(21)35-4)31-30-20-8-6-7-9-23(20)37-16(3)38-25/h5-14,34H,1,3,29H2,2,4H3. The van der Waals surface area contributed by atoms with Crippen LogP contribution in [-0.4, -0.2) is 12.4 Å². The quantitative estimate of drug-likeness (QED) is 0.0526. The largest absolute Gasteiger partial charge is 0.494 e. The van der Waals surface area contributed by atoms with Crippen LogP contribution in [0.5, 0.6) is 23.0 Å². The highest BCUT2D eigenvalue weighted by Crippen LogP contribution is 2.48. The molecule has 208 valence electrons. The summed E-state index contributed by atoms with van der Waals surface area (Å²) in [7, 11) is 1.48. The van der Waals surface area contributed by atoms with Gasteiger partial charge in [-0.25, -0.2) is 5.26 Å². The molecule has 0 bridgehead atoms. The Hall–Kier alpha value is -4.95. The summed E-state index contributed by atoms with van der Waals surface area (Å²) in [6.45, 7) is 9.39. The van der Waals surface area contributed by atoms with E-state index < -0.39 is 0 Å². The molecule has 0 atom stereocenters. The van der Waals surface area contributed by atoms with Gasteiger partial charge < -0.3 is 24.7 Å². The Morgan fingerprint density at radius 2 is 1.80 bits per heavy atom. The van der Waals surface area contributed by atoms with E-state index in [1.54, 1.807) is 42.5 Å².